The monoisotopic (exact) mass is 305 g/mol. The summed E-state index contributed by atoms with van der Waals surface area (Å²) in [6.07, 6.45) is 0. The van der Waals surface area contributed by atoms with Crippen LogP contribution in [0.1, 0.15) is 11.1 Å². The third kappa shape index (κ3) is 2.69. The maximum atomic E-state index is 13.6. The minimum Gasteiger partial charge on any atom is -0.454 e. The molecule has 0 saturated heterocycles. The summed E-state index contributed by atoms with van der Waals surface area (Å²) >= 11 is 3.35. The summed E-state index contributed by atoms with van der Waals surface area (Å²) < 4.78 is 20.1. The average Bonchev–Trinajstić information content (AvgIpc) is 2.34. The molecule has 0 aliphatic heterocycles. The van der Waals surface area contributed by atoms with Gasteiger partial charge in [0.25, 0.3) is 0 Å². The number of rotatable bonds is 2. The van der Waals surface area contributed by atoms with Crippen molar-refractivity contribution in [1.29, 1.82) is 5.26 Å². The molecule has 0 aliphatic rings. The van der Waals surface area contributed by atoms with E-state index in [-0.39, 0.29) is 11.3 Å². The maximum Gasteiger partial charge on any atom is 0.167 e. The lowest BCUT2D eigenvalue weighted by Crippen LogP contribution is -1.91. The lowest BCUT2D eigenvalue weighted by molar-refractivity contribution is 0.439. The first-order valence-corrected chi connectivity index (χ1v) is 6.03. The van der Waals surface area contributed by atoms with E-state index in [2.05, 4.69) is 15.9 Å². The summed E-state index contributed by atoms with van der Waals surface area (Å²) in [5, 5.41) is 8.65. The summed E-state index contributed by atoms with van der Waals surface area (Å²) in [5.41, 5.74) is 1.17. The standard InChI is InChI=1S/C14H9BrFNO/c1-9-6-11(15)3-5-13(9)18-14-4-2-10(8-17)7-12(14)16/h2-7H,1H3. The summed E-state index contributed by atoms with van der Waals surface area (Å²) in [5.74, 6) is 0.151. The fourth-order valence-corrected chi connectivity index (χ4v) is 1.97. The van der Waals surface area contributed by atoms with E-state index in [0.29, 0.717) is 5.75 Å². The Morgan fingerprint density at radius 1 is 1.17 bits per heavy atom. The van der Waals surface area contributed by atoms with E-state index in [1.807, 2.05) is 25.1 Å². The molecule has 18 heavy (non-hydrogen) atoms. The van der Waals surface area contributed by atoms with Gasteiger partial charge in [0.2, 0.25) is 0 Å². The quantitative estimate of drug-likeness (QED) is 0.815. The molecule has 0 aliphatic carbocycles. The normalized spacial score (nSPS) is 9.89. The summed E-state index contributed by atoms with van der Waals surface area (Å²) in [6, 6.07) is 11.5. The smallest absolute Gasteiger partial charge is 0.167 e. The molecule has 2 aromatic rings. The molecule has 2 nitrogen and oxygen atoms in total. The number of ether oxygens (including phenoxy) is 1. The molecule has 0 N–H and O–H groups in total. The number of benzene rings is 2. The predicted molar refractivity (Wildman–Crippen MR) is 70.1 cm³/mol. The van der Waals surface area contributed by atoms with Crippen LogP contribution in [0.2, 0.25) is 0 Å². The highest BCUT2D eigenvalue weighted by atomic mass is 79.9. The molecule has 4 heteroatoms. The molecule has 0 heterocycles. The molecule has 2 rings (SSSR count). The second-order valence-corrected chi connectivity index (χ2v) is 4.68. The minimum absolute atomic E-state index is 0.111. The highest BCUT2D eigenvalue weighted by Gasteiger charge is 2.08. The van der Waals surface area contributed by atoms with Gasteiger partial charge in [0.05, 0.1) is 11.6 Å². The zero-order valence-corrected chi connectivity index (χ0v) is 11.2. The van der Waals surface area contributed by atoms with Crippen LogP contribution in [-0.2, 0) is 0 Å². The van der Waals surface area contributed by atoms with Crippen LogP contribution in [0.5, 0.6) is 11.5 Å². The van der Waals surface area contributed by atoms with Crippen LogP contribution in [0, 0.1) is 24.1 Å². The summed E-state index contributed by atoms with van der Waals surface area (Å²) in [4.78, 5) is 0. The lowest BCUT2D eigenvalue weighted by Gasteiger charge is -2.09. The average molecular weight is 306 g/mol. The molecule has 0 unspecified atom stereocenters. The van der Waals surface area contributed by atoms with E-state index < -0.39 is 5.82 Å². The van der Waals surface area contributed by atoms with Gasteiger partial charge in [0.15, 0.2) is 11.6 Å². The van der Waals surface area contributed by atoms with Crippen molar-refractivity contribution in [2.24, 2.45) is 0 Å². The number of halogens is 2. The molecular weight excluding hydrogens is 297 g/mol. The van der Waals surface area contributed by atoms with Crippen molar-refractivity contribution in [3.8, 4) is 17.6 Å². The van der Waals surface area contributed by atoms with Crippen LogP contribution in [0.15, 0.2) is 40.9 Å². The minimum atomic E-state index is -0.545. The molecule has 0 radical (unpaired) electrons. The Bertz CT molecular complexity index is 634. The zero-order valence-electron chi connectivity index (χ0n) is 9.58. The van der Waals surface area contributed by atoms with E-state index in [4.69, 9.17) is 10.00 Å². The van der Waals surface area contributed by atoms with Crippen molar-refractivity contribution in [3.05, 3.63) is 57.8 Å². The van der Waals surface area contributed by atoms with Gasteiger partial charge in [-0.25, -0.2) is 4.39 Å². The third-order valence-electron chi connectivity index (χ3n) is 2.42. The van der Waals surface area contributed by atoms with Gasteiger partial charge in [-0.15, -0.1) is 0 Å². The van der Waals surface area contributed by atoms with Crippen LogP contribution >= 0.6 is 15.9 Å². The molecule has 0 fully saturated rings. The maximum absolute atomic E-state index is 13.6. The fourth-order valence-electron chi connectivity index (χ4n) is 1.50. The number of aryl methyl sites for hydroxylation is 1. The van der Waals surface area contributed by atoms with E-state index in [0.717, 1.165) is 16.1 Å². The topological polar surface area (TPSA) is 33.0 Å². The predicted octanol–water partition coefficient (Wildman–Crippen LogP) is 4.56. The highest BCUT2D eigenvalue weighted by molar-refractivity contribution is 9.10. The summed E-state index contributed by atoms with van der Waals surface area (Å²) in [6.45, 7) is 1.88. The van der Waals surface area contributed by atoms with E-state index in [1.165, 1.54) is 12.1 Å². The number of nitrogens with zero attached hydrogens (tertiary/aromatic N) is 1. The van der Waals surface area contributed by atoms with Gasteiger partial charge in [-0.1, -0.05) is 15.9 Å². The first kappa shape index (κ1) is 12.6. The molecule has 0 aromatic heterocycles. The van der Waals surface area contributed by atoms with Gasteiger partial charge >= 0.3 is 0 Å². The van der Waals surface area contributed by atoms with Crippen LogP contribution in [0.3, 0.4) is 0 Å². The molecule has 0 bridgehead atoms. The Hall–Kier alpha value is -1.86. The van der Waals surface area contributed by atoms with Crippen molar-refractivity contribution in [2.75, 3.05) is 0 Å². The molecule has 0 saturated carbocycles. The van der Waals surface area contributed by atoms with Crippen molar-refractivity contribution >= 4 is 15.9 Å². The van der Waals surface area contributed by atoms with Gasteiger partial charge in [-0.2, -0.15) is 5.26 Å². The van der Waals surface area contributed by atoms with Crippen molar-refractivity contribution in [2.45, 2.75) is 6.92 Å². The number of nitriles is 1. The molecule has 2 aromatic carbocycles. The lowest BCUT2D eigenvalue weighted by atomic mass is 10.2. The van der Waals surface area contributed by atoms with Crippen LogP contribution in [0.4, 0.5) is 4.39 Å². The first-order valence-electron chi connectivity index (χ1n) is 5.24. The second-order valence-electron chi connectivity index (χ2n) is 3.77. The van der Waals surface area contributed by atoms with E-state index in [1.54, 1.807) is 6.07 Å². The van der Waals surface area contributed by atoms with Crippen LogP contribution < -0.4 is 4.74 Å². The van der Waals surface area contributed by atoms with Crippen molar-refractivity contribution < 1.29 is 9.13 Å². The summed E-state index contributed by atoms with van der Waals surface area (Å²) in [7, 11) is 0. The Morgan fingerprint density at radius 3 is 2.50 bits per heavy atom. The van der Waals surface area contributed by atoms with Crippen LogP contribution in [0.25, 0.3) is 0 Å². The Kier molecular flexibility index (Phi) is 3.63. The van der Waals surface area contributed by atoms with Gasteiger partial charge in [-0.3, -0.25) is 0 Å². The molecule has 90 valence electrons. The zero-order chi connectivity index (χ0) is 13.1. The highest BCUT2D eigenvalue weighted by Crippen LogP contribution is 2.29. The van der Waals surface area contributed by atoms with Crippen molar-refractivity contribution in [1.82, 2.24) is 0 Å². The van der Waals surface area contributed by atoms with Gasteiger partial charge < -0.3 is 4.74 Å². The van der Waals surface area contributed by atoms with Crippen molar-refractivity contribution in [3.63, 3.8) is 0 Å². The molecule has 0 amide bonds. The Morgan fingerprint density at radius 2 is 1.89 bits per heavy atom. The SMILES string of the molecule is Cc1cc(Br)ccc1Oc1ccc(C#N)cc1F. The van der Waals surface area contributed by atoms with Gasteiger partial charge in [0, 0.05) is 4.47 Å². The largest absolute Gasteiger partial charge is 0.454 e. The second kappa shape index (κ2) is 5.19. The molecular formula is C14H9BrFNO. The van der Waals surface area contributed by atoms with Crippen LogP contribution in [-0.4, -0.2) is 0 Å². The molecule has 0 spiro atoms. The van der Waals surface area contributed by atoms with E-state index in [9.17, 15) is 4.39 Å². The number of hydrogen-bond donors (Lipinski definition) is 0. The third-order valence-corrected chi connectivity index (χ3v) is 2.91. The first-order chi connectivity index (χ1) is 8.60. The Labute approximate surface area is 113 Å². The van der Waals surface area contributed by atoms with Gasteiger partial charge in [-0.05, 0) is 48.9 Å². The number of hydrogen-bond acceptors (Lipinski definition) is 2. The fraction of sp³-hybridized carbons (Fsp3) is 0.0714. The van der Waals surface area contributed by atoms with Gasteiger partial charge in [0.1, 0.15) is 5.75 Å². The van der Waals surface area contributed by atoms with E-state index >= 15 is 0 Å². The Balaban J connectivity index is 2.32. The molecule has 0 atom stereocenters.